The first-order valence-corrected chi connectivity index (χ1v) is 4.82. The highest BCUT2D eigenvalue weighted by Gasteiger charge is 2.10. The summed E-state index contributed by atoms with van der Waals surface area (Å²) in [5.74, 6) is -0.748. The highest BCUT2D eigenvalue weighted by molar-refractivity contribution is 9.10. The minimum Gasteiger partial charge on any atom is -0.202 e. The highest BCUT2D eigenvalue weighted by atomic mass is 79.9. The molecule has 0 saturated carbocycles. The Bertz CT molecular complexity index is 436. The zero-order chi connectivity index (χ0) is 8.72. The Kier molecular flexibility index (Phi) is 1.88. The Morgan fingerprint density at radius 3 is 2.75 bits per heavy atom. The van der Waals surface area contributed by atoms with Crippen LogP contribution in [0, 0.1) is 10.9 Å². The van der Waals surface area contributed by atoms with Gasteiger partial charge in [0, 0.05) is 14.6 Å². The topological polar surface area (TPSA) is 0 Å². The van der Waals surface area contributed by atoms with E-state index in [9.17, 15) is 8.78 Å². The van der Waals surface area contributed by atoms with Crippen molar-refractivity contribution in [2.24, 2.45) is 0 Å². The van der Waals surface area contributed by atoms with Gasteiger partial charge in [-0.1, -0.05) is 15.9 Å². The van der Waals surface area contributed by atoms with E-state index in [1.165, 1.54) is 0 Å². The first kappa shape index (κ1) is 8.13. The predicted molar refractivity (Wildman–Crippen MR) is 49.4 cm³/mol. The van der Waals surface area contributed by atoms with E-state index < -0.39 is 10.9 Å². The van der Waals surface area contributed by atoms with Gasteiger partial charge in [0.25, 0.3) is 0 Å². The molecule has 1 aromatic carbocycles. The number of hydrogen-bond donors (Lipinski definition) is 0. The van der Waals surface area contributed by atoms with Crippen LogP contribution in [0.2, 0.25) is 0 Å². The van der Waals surface area contributed by atoms with Crippen molar-refractivity contribution in [3.8, 4) is 0 Å². The van der Waals surface area contributed by atoms with Gasteiger partial charge in [-0.3, -0.25) is 0 Å². The molecule has 0 radical (unpaired) electrons. The smallest absolute Gasteiger partial charge is 0.202 e. The Hall–Kier alpha value is -0.480. The highest BCUT2D eigenvalue weighted by Crippen LogP contribution is 2.30. The second kappa shape index (κ2) is 2.78. The molecule has 0 bridgehead atoms. The van der Waals surface area contributed by atoms with E-state index in [-0.39, 0.29) is 0 Å². The van der Waals surface area contributed by atoms with Crippen molar-refractivity contribution in [2.75, 3.05) is 0 Å². The van der Waals surface area contributed by atoms with Crippen LogP contribution in [0.1, 0.15) is 0 Å². The van der Waals surface area contributed by atoms with Gasteiger partial charge in [0.05, 0.1) is 0 Å². The molecule has 0 aliphatic heterocycles. The molecule has 0 nitrogen and oxygen atoms in total. The van der Waals surface area contributed by atoms with Crippen molar-refractivity contribution in [1.82, 2.24) is 0 Å². The first-order chi connectivity index (χ1) is 5.68. The predicted octanol–water partition coefficient (Wildman–Crippen LogP) is 3.94. The van der Waals surface area contributed by atoms with E-state index in [2.05, 4.69) is 15.9 Å². The number of rotatable bonds is 0. The van der Waals surface area contributed by atoms with E-state index in [1.54, 1.807) is 18.2 Å². The number of thiophene rings is 1. The molecule has 0 unspecified atom stereocenters. The number of fused-ring (bicyclic) bond motifs is 1. The van der Waals surface area contributed by atoms with Gasteiger partial charge in [-0.15, -0.1) is 11.3 Å². The molecule has 1 heterocycles. The lowest BCUT2D eigenvalue weighted by Gasteiger charge is -1.89. The third-order valence-electron chi connectivity index (χ3n) is 1.55. The summed E-state index contributed by atoms with van der Waals surface area (Å²) in [5, 5.41) is -0.399. The van der Waals surface area contributed by atoms with Crippen LogP contribution in [0.15, 0.2) is 22.7 Å². The molecule has 12 heavy (non-hydrogen) atoms. The van der Waals surface area contributed by atoms with Gasteiger partial charge in [0.15, 0.2) is 5.82 Å². The largest absolute Gasteiger partial charge is 0.213 e. The van der Waals surface area contributed by atoms with Crippen LogP contribution in [-0.4, -0.2) is 0 Å². The fourth-order valence-electron chi connectivity index (χ4n) is 1.01. The average Bonchev–Trinajstić information content (AvgIpc) is 2.28. The third kappa shape index (κ3) is 1.15. The summed E-state index contributed by atoms with van der Waals surface area (Å²) in [4.78, 5) is 0. The molecule has 0 N–H and O–H groups in total. The molecule has 0 amide bonds. The second-order valence-electron chi connectivity index (χ2n) is 2.33. The third-order valence-corrected chi connectivity index (χ3v) is 2.96. The normalized spacial score (nSPS) is 10.9. The standard InChI is InChI=1S/C8H3BrF2S/c9-4-1-2-5-6(3-4)12-8(11)7(5)10/h1-3H. The Labute approximate surface area is 80.0 Å². The summed E-state index contributed by atoms with van der Waals surface area (Å²) in [6.45, 7) is 0. The summed E-state index contributed by atoms with van der Waals surface area (Å²) < 4.78 is 27.1. The number of halogens is 3. The van der Waals surface area contributed by atoms with Crippen LogP contribution in [0.25, 0.3) is 10.1 Å². The van der Waals surface area contributed by atoms with E-state index in [0.717, 1.165) is 15.8 Å². The molecule has 0 atom stereocenters. The van der Waals surface area contributed by atoms with Gasteiger partial charge in [-0.05, 0) is 18.2 Å². The summed E-state index contributed by atoms with van der Waals surface area (Å²) in [6.07, 6.45) is 0. The molecule has 0 saturated heterocycles. The van der Waals surface area contributed by atoms with Crippen molar-refractivity contribution in [3.63, 3.8) is 0 Å². The van der Waals surface area contributed by atoms with Crippen molar-refractivity contribution in [3.05, 3.63) is 33.6 Å². The van der Waals surface area contributed by atoms with Gasteiger partial charge >= 0.3 is 0 Å². The van der Waals surface area contributed by atoms with E-state index >= 15 is 0 Å². The van der Waals surface area contributed by atoms with Crippen LogP contribution in [-0.2, 0) is 0 Å². The van der Waals surface area contributed by atoms with Crippen molar-refractivity contribution in [1.29, 1.82) is 0 Å². The lowest BCUT2D eigenvalue weighted by atomic mass is 10.3. The quantitative estimate of drug-likeness (QED) is 0.663. The summed E-state index contributed by atoms with van der Waals surface area (Å²) in [5.41, 5.74) is 0. The molecular weight excluding hydrogens is 246 g/mol. The van der Waals surface area contributed by atoms with Crippen LogP contribution in [0.3, 0.4) is 0 Å². The van der Waals surface area contributed by atoms with Gasteiger partial charge in [0.1, 0.15) is 0 Å². The minimum absolute atomic E-state index is 0.348. The van der Waals surface area contributed by atoms with Crippen molar-refractivity contribution < 1.29 is 8.78 Å². The lowest BCUT2D eigenvalue weighted by molar-refractivity contribution is 0.538. The van der Waals surface area contributed by atoms with Crippen LogP contribution < -0.4 is 0 Å². The van der Waals surface area contributed by atoms with E-state index in [4.69, 9.17) is 0 Å². The second-order valence-corrected chi connectivity index (χ2v) is 4.25. The van der Waals surface area contributed by atoms with Crippen LogP contribution >= 0.6 is 27.3 Å². The SMILES string of the molecule is Fc1sc2cc(Br)ccc2c1F. The van der Waals surface area contributed by atoms with Gasteiger partial charge in [-0.2, -0.15) is 4.39 Å². The molecule has 0 aliphatic carbocycles. The fourth-order valence-corrected chi connectivity index (χ4v) is 2.37. The molecule has 0 spiro atoms. The minimum atomic E-state index is -0.748. The zero-order valence-corrected chi connectivity index (χ0v) is 8.18. The van der Waals surface area contributed by atoms with Gasteiger partial charge in [-0.25, -0.2) is 4.39 Å². The maximum absolute atomic E-state index is 12.9. The summed E-state index contributed by atoms with van der Waals surface area (Å²) in [7, 11) is 0. The monoisotopic (exact) mass is 248 g/mol. The fraction of sp³-hybridized carbons (Fsp3) is 0. The summed E-state index contributed by atoms with van der Waals surface area (Å²) >= 11 is 4.05. The Morgan fingerprint density at radius 2 is 2.00 bits per heavy atom. The molecule has 4 heteroatoms. The molecule has 62 valence electrons. The van der Waals surface area contributed by atoms with E-state index in [0.29, 0.717) is 10.1 Å². The van der Waals surface area contributed by atoms with Gasteiger partial charge < -0.3 is 0 Å². The lowest BCUT2D eigenvalue weighted by Crippen LogP contribution is -1.71. The maximum atomic E-state index is 12.9. The zero-order valence-electron chi connectivity index (χ0n) is 5.77. The summed E-state index contributed by atoms with van der Waals surface area (Å²) in [6, 6.07) is 4.96. The molecular formula is C8H3BrF2S. The molecule has 2 rings (SSSR count). The van der Waals surface area contributed by atoms with Crippen LogP contribution in [0.4, 0.5) is 8.78 Å². The molecule has 1 aromatic heterocycles. The maximum Gasteiger partial charge on any atom is 0.213 e. The Morgan fingerprint density at radius 1 is 1.25 bits per heavy atom. The van der Waals surface area contributed by atoms with Gasteiger partial charge in [0.2, 0.25) is 5.13 Å². The van der Waals surface area contributed by atoms with E-state index in [1.807, 2.05) is 0 Å². The molecule has 2 aromatic rings. The van der Waals surface area contributed by atoms with Crippen molar-refractivity contribution in [2.45, 2.75) is 0 Å². The van der Waals surface area contributed by atoms with Crippen LogP contribution in [0.5, 0.6) is 0 Å². The number of benzene rings is 1. The molecule has 0 fully saturated rings. The molecule has 0 aliphatic rings. The average molecular weight is 249 g/mol. The number of hydrogen-bond acceptors (Lipinski definition) is 1. The van der Waals surface area contributed by atoms with Crippen molar-refractivity contribution >= 4 is 37.4 Å². The first-order valence-electron chi connectivity index (χ1n) is 3.21. The Balaban J connectivity index is 2.87.